The first-order valence-corrected chi connectivity index (χ1v) is 8.86. The summed E-state index contributed by atoms with van der Waals surface area (Å²) < 4.78 is 5.34. The van der Waals surface area contributed by atoms with Gasteiger partial charge in [0.15, 0.2) is 0 Å². The minimum Gasteiger partial charge on any atom is -0.457 e. The van der Waals surface area contributed by atoms with E-state index in [1.165, 1.54) is 0 Å². The van der Waals surface area contributed by atoms with E-state index in [0.29, 0.717) is 26.9 Å². The average Bonchev–Trinajstić information content (AvgIpc) is 2.69. The first kappa shape index (κ1) is 19.0. The molecule has 0 aliphatic carbocycles. The normalized spacial score (nSPS) is 10.3. The molecule has 0 saturated carbocycles. The number of anilines is 1. The quantitative estimate of drug-likeness (QED) is 0.567. The molecule has 6 heteroatoms. The lowest BCUT2D eigenvalue weighted by atomic mass is 10.1. The molecule has 27 heavy (non-hydrogen) atoms. The van der Waals surface area contributed by atoms with E-state index in [1.807, 2.05) is 6.07 Å². The summed E-state index contributed by atoms with van der Waals surface area (Å²) in [4.78, 5) is 24.8. The highest BCUT2D eigenvalue weighted by Crippen LogP contribution is 2.23. The van der Waals surface area contributed by atoms with Gasteiger partial charge in [-0.15, -0.1) is 0 Å². The van der Waals surface area contributed by atoms with Gasteiger partial charge in [0.2, 0.25) is 0 Å². The van der Waals surface area contributed by atoms with Crippen molar-refractivity contribution >= 4 is 40.8 Å². The zero-order chi connectivity index (χ0) is 19.2. The lowest BCUT2D eigenvalue weighted by Crippen LogP contribution is -2.15. The molecule has 4 nitrogen and oxygen atoms in total. The van der Waals surface area contributed by atoms with Gasteiger partial charge in [0.1, 0.15) is 6.61 Å². The predicted octanol–water partition coefficient (Wildman–Crippen LogP) is 5.60. The molecule has 1 N–H and O–H groups in total. The van der Waals surface area contributed by atoms with Gasteiger partial charge in [0.05, 0.1) is 21.3 Å². The Labute approximate surface area is 166 Å². The van der Waals surface area contributed by atoms with E-state index in [-0.39, 0.29) is 18.1 Å². The van der Waals surface area contributed by atoms with Crippen molar-refractivity contribution in [1.29, 1.82) is 0 Å². The Morgan fingerprint density at radius 3 is 2.30 bits per heavy atom. The number of halogens is 2. The topological polar surface area (TPSA) is 55.4 Å². The molecule has 0 heterocycles. The van der Waals surface area contributed by atoms with Crippen LogP contribution >= 0.6 is 23.2 Å². The summed E-state index contributed by atoms with van der Waals surface area (Å²) in [6.45, 7) is 0.0384. The van der Waals surface area contributed by atoms with Crippen molar-refractivity contribution in [3.8, 4) is 0 Å². The van der Waals surface area contributed by atoms with Gasteiger partial charge in [0, 0.05) is 5.56 Å². The van der Waals surface area contributed by atoms with E-state index in [0.717, 1.165) is 0 Å². The third-order valence-corrected chi connectivity index (χ3v) is 4.52. The van der Waals surface area contributed by atoms with Gasteiger partial charge in [-0.25, -0.2) is 4.79 Å². The van der Waals surface area contributed by atoms with E-state index >= 15 is 0 Å². The molecule has 0 saturated heterocycles. The monoisotopic (exact) mass is 399 g/mol. The van der Waals surface area contributed by atoms with E-state index in [1.54, 1.807) is 66.7 Å². The summed E-state index contributed by atoms with van der Waals surface area (Å²) in [5.41, 5.74) is 1.85. The lowest BCUT2D eigenvalue weighted by molar-refractivity contribution is 0.0474. The van der Waals surface area contributed by atoms with Crippen LogP contribution in [0.5, 0.6) is 0 Å². The summed E-state index contributed by atoms with van der Waals surface area (Å²) in [5, 5.41) is 3.56. The maximum absolute atomic E-state index is 12.5. The van der Waals surface area contributed by atoms with Crippen LogP contribution in [0, 0.1) is 0 Å². The van der Waals surface area contributed by atoms with Crippen molar-refractivity contribution in [2.45, 2.75) is 6.61 Å². The van der Waals surface area contributed by atoms with Crippen molar-refractivity contribution in [1.82, 2.24) is 0 Å². The predicted molar refractivity (Wildman–Crippen MR) is 106 cm³/mol. The number of carbonyl (C=O) groups is 2. The van der Waals surface area contributed by atoms with E-state index < -0.39 is 5.97 Å². The van der Waals surface area contributed by atoms with E-state index in [2.05, 4.69) is 5.32 Å². The number of nitrogens with one attached hydrogen (secondary N) is 1. The Morgan fingerprint density at radius 1 is 0.852 bits per heavy atom. The highest BCUT2D eigenvalue weighted by atomic mass is 35.5. The number of amides is 1. The number of carbonyl (C=O) groups excluding carboxylic acids is 2. The van der Waals surface area contributed by atoms with Gasteiger partial charge in [-0.05, 0) is 42.0 Å². The Morgan fingerprint density at radius 2 is 1.56 bits per heavy atom. The van der Waals surface area contributed by atoms with Crippen molar-refractivity contribution < 1.29 is 14.3 Å². The molecule has 0 radical (unpaired) electrons. The Balaban J connectivity index is 1.71. The second kappa shape index (κ2) is 8.71. The Hall–Kier alpha value is -2.82. The third kappa shape index (κ3) is 4.88. The highest BCUT2D eigenvalue weighted by Gasteiger charge is 2.15. The molecular formula is C21H15Cl2NO3. The molecule has 3 aromatic rings. The molecule has 3 rings (SSSR count). The third-order valence-electron chi connectivity index (χ3n) is 3.79. The fourth-order valence-electron chi connectivity index (χ4n) is 2.41. The minimum absolute atomic E-state index is 0.0384. The van der Waals surface area contributed by atoms with Crippen LogP contribution in [0.3, 0.4) is 0 Å². The van der Waals surface area contributed by atoms with Crippen molar-refractivity contribution in [2.24, 2.45) is 0 Å². The van der Waals surface area contributed by atoms with Crippen molar-refractivity contribution in [3.63, 3.8) is 0 Å². The average molecular weight is 400 g/mol. The molecule has 0 aromatic heterocycles. The van der Waals surface area contributed by atoms with Crippen LogP contribution in [0.2, 0.25) is 10.0 Å². The van der Waals surface area contributed by atoms with E-state index in [4.69, 9.17) is 27.9 Å². The summed E-state index contributed by atoms with van der Waals surface area (Å²) in [6, 6.07) is 20.4. The smallest absolute Gasteiger partial charge is 0.340 e. The molecule has 136 valence electrons. The first-order chi connectivity index (χ1) is 13.0. The largest absolute Gasteiger partial charge is 0.457 e. The molecule has 0 aliphatic rings. The van der Waals surface area contributed by atoms with Gasteiger partial charge >= 0.3 is 5.97 Å². The van der Waals surface area contributed by atoms with Gasteiger partial charge in [-0.3, -0.25) is 4.79 Å². The summed E-state index contributed by atoms with van der Waals surface area (Å²) >= 11 is 11.8. The van der Waals surface area contributed by atoms with Crippen LogP contribution in [0.4, 0.5) is 5.69 Å². The molecular weight excluding hydrogens is 385 g/mol. The van der Waals surface area contributed by atoms with Crippen LogP contribution < -0.4 is 5.32 Å². The number of rotatable bonds is 5. The SMILES string of the molecule is O=C(Nc1ccccc1C(=O)OCc1ccc(Cl)c(Cl)c1)c1ccccc1. The van der Waals surface area contributed by atoms with Crippen molar-refractivity contribution in [2.75, 3.05) is 5.32 Å². The zero-order valence-electron chi connectivity index (χ0n) is 14.1. The summed E-state index contributed by atoms with van der Waals surface area (Å²) in [5.74, 6) is -0.856. The number of hydrogen-bond donors (Lipinski definition) is 1. The molecule has 0 spiro atoms. The maximum atomic E-state index is 12.5. The number of esters is 1. The van der Waals surface area contributed by atoms with Crippen LogP contribution in [-0.2, 0) is 11.3 Å². The zero-order valence-corrected chi connectivity index (χ0v) is 15.6. The summed E-state index contributed by atoms with van der Waals surface area (Å²) in [7, 11) is 0. The molecule has 1 amide bonds. The number of para-hydroxylation sites is 1. The summed E-state index contributed by atoms with van der Waals surface area (Å²) in [6.07, 6.45) is 0. The molecule has 0 bridgehead atoms. The molecule has 3 aromatic carbocycles. The maximum Gasteiger partial charge on any atom is 0.340 e. The number of benzene rings is 3. The van der Waals surface area contributed by atoms with Gasteiger partial charge in [-0.2, -0.15) is 0 Å². The van der Waals surface area contributed by atoms with Crippen LogP contribution in [0.1, 0.15) is 26.3 Å². The lowest BCUT2D eigenvalue weighted by Gasteiger charge is -2.11. The van der Waals surface area contributed by atoms with Gasteiger partial charge in [-0.1, -0.05) is 59.6 Å². The Bertz CT molecular complexity index is 974. The molecule has 0 aliphatic heterocycles. The highest BCUT2D eigenvalue weighted by molar-refractivity contribution is 6.42. The van der Waals surface area contributed by atoms with Gasteiger partial charge < -0.3 is 10.1 Å². The van der Waals surface area contributed by atoms with Crippen LogP contribution in [0.15, 0.2) is 72.8 Å². The number of hydrogen-bond acceptors (Lipinski definition) is 3. The second-order valence-corrected chi connectivity index (χ2v) is 6.50. The fraction of sp³-hybridized carbons (Fsp3) is 0.0476. The Kier molecular flexibility index (Phi) is 6.12. The minimum atomic E-state index is -0.551. The van der Waals surface area contributed by atoms with Crippen LogP contribution in [-0.4, -0.2) is 11.9 Å². The van der Waals surface area contributed by atoms with Crippen molar-refractivity contribution in [3.05, 3.63) is 99.5 Å². The molecule has 0 unspecified atom stereocenters. The van der Waals surface area contributed by atoms with Crippen LogP contribution in [0.25, 0.3) is 0 Å². The van der Waals surface area contributed by atoms with Gasteiger partial charge in [0.25, 0.3) is 5.91 Å². The molecule has 0 atom stereocenters. The van der Waals surface area contributed by atoms with E-state index in [9.17, 15) is 9.59 Å². The number of ether oxygens (including phenoxy) is 1. The first-order valence-electron chi connectivity index (χ1n) is 8.11. The molecule has 0 fully saturated rings. The second-order valence-electron chi connectivity index (χ2n) is 5.69. The fourth-order valence-corrected chi connectivity index (χ4v) is 2.73. The standard InChI is InChI=1S/C21H15Cl2NO3/c22-17-11-10-14(12-18(17)23)13-27-21(26)16-8-4-5-9-19(16)24-20(25)15-6-2-1-3-7-15/h1-12H,13H2,(H,24,25).